The zero-order valence-electron chi connectivity index (χ0n) is 16.8. The van der Waals surface area contributed by atoms with Gasteiger partial charge in [0.15, 0.2) is 0 Å². The molecule has 0 fully saturated rings. The molecule has 2 aromatic heterocycles. The molecule has 0 saturated heterocycles. The molecule has 0 saturated carbocycles. The molecule has 4 heteroatoms. The molecule has 0 spiro atoms. The van der Waals surface area contributed by atoms with E-state index in [1.54, 1.807) is 0 Å². The summed E-state index contributed by atoms with van der Waals surface area (Å²) in [7, 11) is 0. The van der Waals surface area contributed by atoms with E-state index in [-0.39, 0.29) is 0 Å². The van der Waals surface area contributed by atoms with Crippen LogP contribution in [0.15, 0.2) is 60.8 Å². The number of anilines is 1. The van der Waals surface area contributed by atoms with Crippen molar-refractivity contribution in [1.82, 2.24) is 9.55 Å². The summed E-state index contributed by atoms with van der Waals surface area (Å²) in [6.45, 7) is 7.16. The molecule has 29 heavy (non-hydrogen) atoms. The van der Waals surface area contributed by atoms with Crippen LogP contribution in [0.2, 0.25) is 5.02 Å². The quantitative estimate of drug-likeness (QED) is 0.425. The van der Waals surface area contributed by atoms with Crippen molar-refractivity contribution >= 4 is 28.3 Å². The van der Waals surface area contributed by atoms with Crippen molar-refractivity contribution in [3.63, 3.8) is 0 Å². The predicted octanol–water partition coefficient (Wildman–Crippen LogP) is 5.92. The first-order valence-electron chi connectivity index (χ1n) is 10.1. The molecule has 0 atom stereocenters. The second kappa shape index (κ2) is 7.23. The minimum Gasteiger partial charge on any atom is -0.365 e. The van der Waals surface area contributed by atoms with Crippen molar-refractivity contribution in [3.8, 4) is 0 Å². The summed E-state index contributed by atoms with van der Waals surface area (Å²) < 4.78 is 2.41. The van der Waals surface area contributed by atoms with E-state index in [4.69, 9.17) is 16.6 Å². The van der Waals surface area contributed by atoms with Gasteiger partial charge >= 0.3 is 0 Å². The van der Waals surface area contributed by atoms with Gasteiger partial charge in [-0.15, -0.1) is 0 Å². The molecule has 0 aliphatic carbocycles. The van der Waals surface area contributed by atoms with Gasteiger partial charge in [-0.25, -0.2) is 0 Å². The number of halogens is 1. The lowest BCUT2D eigenvalue weighted by atomic mass is 9.99. The summed E-state index contributed by atoms with van der Waals surface area (Å²) in [6, 6.07) is 19.1. The average molecular weight is 402 g/mol. The van der Waals surface area contributed by atoms with Gasteiger partial charge in [0, 0.05) is 36.5 Å². The van der Waals surface area contributed by atoms with Gasteiger partial charge < -0.3 is 9.47 Å². The van der Waals surface area contributed by atoms with Crippen LogP contribution in [0.25, 0.3) is 11.0 Å². The summed E-state index contributed by atoms with van der Waals surface area (Å²) in [5, 5.41) is 0.772. The third-order valence-electron chi connectivity index (χ3n) is 6.20. The Morgan fingerprint density at radius 3 is 2.52 bits per heavy atom. The number of rotatable bonds is 3. The number of benzene rings is 2. The van der Waals surface area contributed by atoms with Crippen LogP contribution in [0.5, 0.6) is 0 Å². The molecule has 146 valence electrons. The first-order chi connectivity index (χ1) is 14.1. The van der Waals surface area contributed by atoms with Crippen LogP contribution in [0.4, 0.5) is 5.69 Å². The van der Waals surface area contributed by atoms with Gasteiger partial charge in [0.2, 0.25) is 0 Å². The fourth-order valence-electron chi connectivity index (χ4n) is 4.45. The van der Waals surface area contributed by atoms with Crippen LogP contribution in [-0.4, -0.2) is 16.1 Å². The van der Waals surface area contributed by atoms with E-state index in [1.807, 2.05) is 18.3 Å². The zero-order valence-corrected chi connectivity index (χ0v) is 17.6. The van der Waals surface area contributed by atoms with Crippen molar-refractivity contribution in [2.75, 3.05) is 11.4 Å². The molecule has 3 nitrogen and oxygen atoms in total. The standard InChI is InChI=1S/C25H24ClN3/c1-17-18(2)29(15-19-7-9-22(26)10-8-19)25-23(11-13-27-24(17)25)28-14-12-20-5-3-4-6-21(20)16-28/h3-11,13H,12,14-16H2,1-2H3. The van der Waals surface area contributed by atoms with E-state index in [2.05, 4.69) is 65.8 Å². The number of fused-ring (bicyclic) bond motifs is 2. The Labute approximate surface area is 176 Å². The summed E-state index contributed by atoms with van der Waals surface area (Å²) in [6.07, 6.45) is 3.03. The summed E-state index contributed by atoms with van der Waals surface area (Å²) >= 11 is 6.09. The molecule has 0 bridgehead atoms. The lowest BCUT2D eigenvalue weighted by molar-refractivity contribution is 0.727. The van der Waals surface area contributed by atoms with Crippen molar-refractivity contribution in [3.05, 3.63) is 93.8 Å². The van der Waals surface area contributed by atoms with E-state index in [0.717, 1.165) is 36.6 Å². The summed E-state index contributed by atoms with van der Waals surface area (Å²) in [5.41, 5.74) is 10.3. The predicted molar refractivity (Wildman–Crippen MR) is 121 cm³/mol. The molecular formula is C25H24ClN3. The number of hydrogen-bond donors (Lipinski definition) is 0. The van der Waals surface area contributed by atoms with Crippen molar-refractivity contribution in [1.29, 1.82) is 0 Å². The van der Waals surface area contributed by atoms with E-state index < -0.39 is 0 Å². The third kappa shape index (κ3) is 3.20. The number of hydrogen-bond acceptors (Lipinski definition) is 2. The Morgan fingerprint density at radius 2 is 1.72 bits per heavy atom. The van der Waals surface area contributed by atoms with Gasteiger partial charge in [0.05, 0.1) is 16.7 Å². The number of nitrogens with zero attached hydrogens (tertiary/aromatic N) is 3. The molecule has 0 unspecified atom stereocenters. The molecule has 2 aromatic carbocycles. The van der Waals surface area contributed by atoms with E-state index in [9.17, 15) is 0 Å². The normalized spacial score (nSPS) is 13.7. The lowest BCUT2D eigenvalue weighted by Gasteiger charge is -2.31. The lowest BCUT2D eigenvalue weighted by Crippen LogP contribution is -2.30. The number of pyridine rings is 1. The first kappa shape index (κ1) is 18.3. The summed E-state index contributed by atoms with van der Waals surface area (Å²) in [5.74, 6) is 0. The van der Waals surface area contributed by atoms with Gasteiger partial charge in [-0.05, 0) is 60.7 Å². The van der Waals surface area contributed by atoms with E-state index >= 15 is 0 Å². The van der Waals surface area contributed by atoms with E-state index in [1.165, 1.54) is 39.2 Å². The Hall–Kier alpha value is -2.78. The Bertz CT molecular complexity index is 1190. The third-order valence-corrected chi connectivity index (χ3v) is 6.45. The Morgan fingerprint density at radius 1 is 0.966 bits per heavy atom. The topological polar surface area (TPSA) is 21.1 Å². The van der Waals surface area contributed by atoms with Crippen LogP contribution in [0, 0.1) is 13.8 Å². The minimum atomic E-state index is 0.772. The molecule has 3 heterocycles. The van der Waals surface area contributed by atoms with E-state index in [0.29, 0.717) is 0 Å². The molecular weight excluding hydrogens is 378 g/mol. The highest BCUT2D eigenvalue weighted by Crippen LogP contribution is 2.34. The average Bonchev–Trinajstić information content (AvgIpc) is 3.00. The summed E-state index contributed by atoms with van der Waals surface area (Å²) in [4.78, 5) is 7.25. The monoisotopic (exact) mass is 401 g/mol. The highest BCUT2D eigenvalue weighted by atomic mass is 35.5. The molecule has 0 radical (unpaired) electrons. The first-order valence-corrected chi connectivity index (χ1v) is 10.5. The van der Waals surface area contributed by atoms with Gasteiger partial charge in [0.25, 0.3) is 0 Å². The van der Waals surface area contributed by atoms with Crippen LogP contribution < -0.4 is 4.90 Å². The fraction of sp³-hybridized carbons (Fsp3) is 0.240. The SMILES string of the molecule is Cc1c(C)n(Cc2ccc(Cl)cc2)c2c(N3CCc4ccccc4C3)ccnc12. The highest BCUT2D eigenvalue weighted by molar-refractivity contribution is 6.30. The smallest absolute Gasteiger partial charge is 0.0934 e. The van der Waals surface area contributed by atoms with Crippen molar-refractivity contribution in [2.45, 2.75) is 33.4 Å². The Balaban J connectivity index is 1.61. The van der Waals surface area contributed by atoms with Crippen LogP contribution >= 0.6 is 11.6 Å². The fourth-order valence-corrected chi connectivity index (χ4v) is 4.58. The van der Waals surface area contributed by atoms with Crippen LogP contribution in [-0.2, 0) is 19.5 Å². The maximum Gasteiger partial charge on any atom is 0.0934 e. The second-order valence-corrected chi connectivity index (χ2v) is 8.33. The van der Waals surface area contributed by atoms with Gasteiger partial charge in [-0.2, -0.15) is 0 Å². The maximum atomic E-state index is 6.09. The molecule has 1 aliphatic rings. The van der Waals surface area contributed by atoms with Crippen LogP contribution in [0.3, 0.4) is 0 Å². The maximum absolute atomic E-state index is 6.09. The second-order valence-electron chi connectivity index (χ2n) is 7.89. The molecule has 5 rings (SSSR count). The van der Waals surface area contributed by atoms with Gasteiger partial charge in [0.1, 0.15) is 0 Å². The number of aryl methyl sites for hydroxylation is 1. The Kier molecular flexibility index (Phi) is 4.56. The molecule has 0 amide bonds. The molecule has 4 aromatic rings. The van der Waals surface area contributed by atoms with Gasteiger partial charge in [-0.1, -0.05) is 48.0 Å². The van der Waals surface area contributed by atoms with Crippen LogP contribution in [0.1, 0.15) is 27.9 Å². The number of aromatic nitrogens is 2. The van der Waals surface area contributed by atoms with Crippen molar-refractivity contribution < 1.29 is 0 Å². The molecule has 1 aliphatic heterocycles. The highest BCUT2D eigenvalue weighted by Gasteiger charge is 2.22. The van der Waals surface area contributed by atoms with Gasteiger partial charge in [-0.3, -0.25) is 4.98 Å². The zero-order chi connectivity index (χ0) is 20.0. The molecule has 0 N–H and O–H groups in total. The van der Waals surface area contributed by atoms with Crippen molar-refractivity contribution in [2.24, 2.45) is 0 Å². The minimum absolute atomic E-state index is 0.772. The largest absolute Gasteiger partial charge is 0.365 e.